The van der Waals surface area contributed by atoms with Gasteiger partial charge in [-0.05, 0) is 40.9 Å². The Labute approximate surface area is 120 Å². The number of halogens is 1. The molecule has 0 spiro atoms. The van der Waals surface area contributed by atoms with Crippen LogP contribution in [0.4, 0.5) is 0 Å². The predicted molar refractivity (Wildman–Crippen MR) is 74.7 cm³/mol. The molecule has 2 heterocycles. The number of hydrogen-bond acceptors (Lipinski definition) is 3. The number of aromatic nitrogens is 1. The molecule has 0 radical (unpaired) electrons. The molecule has 0 bridgehead atoms. The number of piperidine rings is 1. The van der Waals surface area contributed by atoms with Gasteiger partial charge in [0.2, 0.25) is 5.91 Å². The van der Waals surface area contributed by atoms with Gasteiger partial charge in [0.1, 0.15) is 4.60 Å². The monoisotopic (exact) mass is 325 g/mol. The maximum absolute atomic E-state index is 12.3. The van der Waals surface area contributed by atoms with E-state index in [2.05, 4.69) is 26.2 Å². The number of hydrogen-bond donors (Lipinski definition) is 1. The van der Waals surface area contributed by atoms with Crippen LogP contribution in [0.3, 0.4) is 0 Å². The first-order valence-electron chi connectivity index (χ1n) is 6.24. The first-order valence-corrected chi connectivity index (χ1v) is 7.03. The van der Waals surface area contributed by atoms with E-state index in [9.17, 15) is 9.59 Å². The average molecular weight is 326 g/mol. The third kappa shape index (κ3) is 3.76. The molecule has 102 valence electrons. The Balaban J connectivity index is 1.94. The summed E-state index contributed by atoms with van der Waals surface area (Å²) in [5.74, 6) is 0.00668. The van der Waals surface area contributed by atoms with Crippen molar-refractivity contribution < 1.29 is 9.59 Å². The van der Waals surface area contributed by atoms with Gasteiger partial charge in [0.25, 0.3) is 5.91 Å². The topological polar surface area (TPSA) is 62.3 Å². The molecule has 1 fully saturated rings. The smallest absolute Gasteiger partial charge is 0.254 e. The molecule has 0 aliphatic carbocycles. The maximum Gasteiger partial charge on any atom is 0.254 e. The molecule has 1 aromatic heterocycles. The van der Waals surface area contributed by atoms with Crippen LogP contribution in [0, 0.1) is 0 Å². The number of carbonyl (C=O) groups excluding carboxylic acids is 2. The summed E-state index contributed by atoms with van der Waals surface area (Å²) in [6.45, 7) is 2.86. The van der Waals surface area contributed by atoms with Crippen LogP contribution in [0.25, 0.3) is 0 Å². The molecule has 19 heavy (non-hydrogen) atoms. The Morgan fingerprint density at radius 3 is 2.68 bits per heavy atom. The summed E-state index contributed by atoms with van der Waals surface area (Å²) in [5.41, 5.74) is 0.639. The van der Waals surface area contributed by atoms with E-state index in [1.54, 1.807) is 18.3 Å². The highest BCUT2D eigenvalue weighted by atomic mass is 79.9. The standard InChI is InChI=1S/C13H16BrN3O2/c1-9(18)16-11-3-6-17(7-4-11)13(19)10-2-5-15-12(14)8-10/h2,5,8,11H,3-4,6-7H2,1H3,(H,16,18). The normalized spacial score (nSPS) is 16.2. The zero-order valence-corrected chi connectivity index (χ0v) is 12.3. The van der Waals surface area contributed by atoms with Crippen LogP contribution in [0.1, 0.15) is 30.1 Å². The van der Waals surface area contributed by atoms with E-state index in [0.717, 1.165) is 12.8 Å². The second-order valence-corrected chi connectivity index (χ2v) is 5.45. The van der Waals surface area contributed by atoms with E-state index >= 15 is 0 Å². The number of nitrogens with one attached hydrogen (secondary N) is 1. The van der Waals surface area contributed by atoms with Gasteiger partial charge in [-0.3, -0.25) is 9.59 Å². The van der Waals surface area contributed by atoms with Crippen molar-refractivity contribution in [1.29, 1.82) is 0 Å². The molecule has 1 saturated heterocycles. The summed E-state index contributed by atoms with van der Waals surface area (Å²) in [6.07, 6.45) is 3.22. The third-order valence-electron chi connectivity index (χ3n) is 3.16. The average Bonchev–Trinajstić information content (AvgIpc) is 2.38. The van der Waals surface area contributed by atoms with Gasteiger partial charge in [-0.2, -0.15) is 0 Å². The van der Waals surface area contributed by atoms with Crippen molar-refractivity contribution in [2.75, 3.05) is 13.1 Å². The molecule has 6 heteroatoms. The summed E-state index contributed by atoms with van der Waals surface area (Å²) < 4.78 is 0.659. The quantitative estimate of drug-likeness (QED) is 0.840. The van der Waals surface area contributed by atoms with Gasteiger partial charge in [-0.15, -0.1) is 0 Å². The Morgan fingerprint density at radius 2 is 2.11 bits per heavy atom. The Kier molecular flexibility index (Phi) is 4.52. The molecule has 1 N–H and O–H groups in total. The highest BCUT2D eigenvalue weighted by Gasteiger charge is 2.24. The highest BCUT2D eigenvalue weighted by molar-refractivity contribution is 9.10. The van der Waals surface area contributed by atoms with Crippen LogP contribution in [-0.2, 0) is 4.79 Å². The van der Waals surface area contributed by atoms with E-state index in [1.807, 2.05) is 4.90 Å². The lowest BCUT2D eigenvalue weighted by Crippen LogP contribution is -2.46. The Hall–Kier alpha value is -1.43. The van der Waals surface area contributed by atoms with Crippen molar-refractivity contribution in [1.82, 2.24) is 15.2 Å². The van der Waals surface area contributed by atoms with Crippen LogP contribution >= 0.6 is 15.9 Å². The van der Waals surface area contributed by atoms with Crippen molar-refractivity contribution in [3.63, 3.8) is 0 Å². The molecule has 0 unspecified atom stereocenters. The zero-order valence-electron chi connectivity index (χ0n) is 10.7. The Bertz CT molecular complexity index is 485. The second kappa shape index (κ2) is 6.14. The fourth-order valence-corrected chi connectivity index (χ4v) is 2.60. The van der Waals surface area contributed by atoms with E-state index < -0.39 is 0 Å². The fourth-order valence-electron chi connectivity index (χ4n) is 2.23. The molecule has 0 aromatic carbocycles. The number of amides is 2. The number of likely N-dealkylation sites (tertiary alicyclic amines) is 1. The summed E-state index contributed by atoms with van der Waals surface area (Å²) in [5, 5.41) is 2.90. The predicted octanol–water partition coefficient (Wildman–Crippen LogP) is 1.58. The van der Waals surface area contributed by atoms with Gasteiger partial charge in [0, 0.05) is 37.8 Å². The van der Waals surface area contributed by atoms with Crippen molar-refractivity contribution in [3.8, 4) is 0 Å². The van der Waals surface area contributed by atoms with E-state index in [-0.39, 0.29) is 17.9 Å². The van der Waals surface area contributed by atoms with E-state index in [0.29, 0.717) is 23.3 Å². The number of rotatable bonds is 2. The SMILES string of the molecule is CC(=O)NC1CCN(C(=O)c2ccnc(Br)c2)CC1. The molecule has 2 rings (SSSR count). The van der Waals surface area contributed by atoms with Crippen molar-refractivity contribution in [2.24, 2.45) is 0 Å². The van der Waals surface area contributed by atoms with Gasteiger partial charge in [0.15, 0.2) is 0 Å². The van der Waals surface area contributed by atoms with Crippen molar-refractivity contribution in [2.45, 2.75) is 25.8 Å². The lowest BCUT2D eigenvalue weighted by molar-refractivity contribution is -0.119. The zero-order chi connectivity index (χ0) is 13.8. The van der Waals surface area contributed by atoms with Gasteiger partial charge in [0.05, 0.1) is 0 Å². The second-order valence-electron chi connectivity index (χ2n) is 4.63. The van der Waals surface area contributed by atoms with Crippen molar-refractivity contribution in [3.05, 3.63) is 28.5 Å². The molecule has 1 aromatic rings. The summed E-state index contributed by atoms with van der Waals surface area (Å²) in [4.78, 5) is 29.1. The minimum absolute atomic E-state index is 0.0113. The van der Waals surface area contributed by atoms with Crippen LogP contribution in [0.2, 0.25) is 0 Å². The van der Waals surface area contributed by atoms with E-state index in [1.165, 1.54) is 6.92 Å². The summed E-state index contributed by atoms with van der Waals surface area (Å²) in [7, 11) is 0. The molecule has 1 aliphatic rings. The van der Waals surface area contributed by atoms with Gasteiger partial charge >= 0.3 is 0 Å². The van der Waals surface area contributed by atoms with Gasteiger partial charge in [-0.1, -0.05) is 0 Å². The molecule has 0 saturated carbocycles. The van der Waals surface area contributed by atoms with Crippen molar-refractivity contribution >= 4 is 27.7 Å². The molecule has 2 amide bonds. The van der Waals surface area contributed by atoms with Gasteiger partial charge in [-0.25, -0.2) is 4.98 Å². The van der Waals surface area contributed by atoms with E-state index in [4.69, 9.17) is 0 Å². The lowest BCUT2D eigenvalue weighted by atomic mass is 10.0. The van der Waals surface area contributed by atoms with Crippen LogP contribution in [0.5, 0.6) is 0 Å². The molecule has 1 aliphatic heterocycles. The Morgan fingerprint density at radius 1 is 1.42 bits per heavy atom. The minimum atomic E-state index is -0.0113. The fraction of sp³-hybridized carbons (Fsp3) is 0.462. The van der Waals surface area contributed by atoms with Gasteiger partial charge < -0.3 is 10.2 Å². The maximum atomic E-state index is 12.3. The molecular weight excluding hydrogens is 310 g/mol. The summed E-state index contributed by atoms with van der Waals surface area (Å²) >= 11 is 3.26. The number of pyridine rings is 1. The number of carbonyl (C=O) groups is 2. The summed E-state index contributed by atoms with van der Waals surface area (Å²) in [6, 6.07) is 3.63. The molecule has 5 nitrogen and oxygen atoms in total. The third-order valence-corrected chi connectivity index (χ3v) is 3.60. The highest BCUT2D eigenvalue weighted by Crippen LogP contribution is 2.15. The largest absolute Gasteiger partial charge is 0.353 e. The first-order chi connectivity index (χ1) is 9.06. The first kappa shape index (κ1) is 14.0. The van der Waals surface area contributed by atoms with Crippen LogP contribution in [0.15, 0.2) is 22.9 Å². The molecule has 0 atom stereocenters. The van der Waals surface area contributed by atoms with Crippen LogP contribution < -0.4 is 5.32 Å². The number of nitrogens with zero attached hydrogens (tertiary/aromatic N) is 2. The van der Waals surface area contributed by atoms with Crippen LogP contribution in [-0.4, -0.2) is 40.8 Å². The molecular formula is C13H16BrN3O2. The lowest BCUT2D eigenvalue weighted by Gasteiger charge is -2.32. The minimum Gasteiger partial charge on any atom is -0.353 e.